The maximum atomic E-state index is 11.9. The molecule has 5 rings (SSSR count). The molecule has 1 amide bonds. The van der Waals surface area contributed by atoms with Gasteiger partial charge in [-0.1, -0.05) is 0 Å². The van der Waals surface area contributed by atoms with E-state index in [9.17, 15) is 4.79 Å². The molecule has 1 saturated heterocycles. The summed E-state index contributed by atoms with van der Waals surface area (Å²) in [7, 11) is 0. The highest BCUT2D eigenvalue weighted by molar-refractivity contribution is 5.68. The molecule has 2 aromatic heterocycles. The van der Waals surface area contributed by atoms with Crippen LogP contribution >= 0.6 is 0 Å². The number of nitrogens with one attached hydrogen (secondary N) is 1. The lowest BCUT2D eigenvalue weighted by atomic mass is 9.89. The second kappa shape index (κ2) is 9.11. The Kier molecular flexibility index (Phi) is 5.89. The van der Waals surface area contributed by atoms with E-state index >= 15 is 0 Å². The van der Waals surface area contributed by atoms with E-state index in [1.54, 1.807) is 18.5 Å². The number of ether oxygens (including phenoxy) is 3. The summed E-state index contributed by atoms with van der Waals surface area (Å²) in [6.45, 7) is 2.67. The van der Waals surface area contributed by atoms with Crippen LogP contribution in [0.4, 0.5) is 16.7 Å². The summed E-state index contributed by atoms with van der Waals surface area (Å²) in [6, 6.07) is 1.84. The normalized spacial score (nSPS) is 23.1. The number of morpholine rings is 1. The molecule has 0 atom stereocenters. The van der Waals surface area contributed by atoms with E-state index in [1.165, 1.54) is 0 Å². The molecule has 32 heavy (non-hydrogen) atoms. The molecule has 0 radical (unpaired) electrons. The second-order valence-corrected chi connectivity index (χ2v) is 8.33. The molecule has 1 aliphatic heterocycles. The molecular formula is C21H27N7O4. The average Bonchev–Trinajstić information content (AvgIpc) is 2.76. The SMILES string of the molecule is Nc1ncc(-c2cc(OC3CC(NC(=O)OC4CCC4)C3)nc(N3CCOCC3)n2)cn1. The summed E-state index contributed by atoms with van der Waals surface area (Å²) in [5.41, 5.74) is 7.01. The largest absolute Gasteiger partial charge is 0.474 e. The third kappa shape index (κ3) is 4.82. The van der Waals surface area contributed by atoms with Crippen LogP contribution in [-0.2, 0) is 9.47 Å². The van der Waals surface area contributed by atoms with Crippen molar-refractivity contribution >= 4 is 18.0 Å². The molecule has 0 aromatic carbocycles. The lowest BCUT2D eigenvalue weighted by Crippen LogP contribution is -2.50. The monoisotopic (exact) mass is 441 g/mol. The standard InChI is InChI=1S/C21H27N7O4/c22-19-23-11-13(12-24-19)17-10-18(27-20(26-17)28-4-6-30-7-5-28)31-16-8-14(9-16)25-21(29)32-15-2-1-3-15/h10-12,14-16H,1-9H2,(H,25,29)(H2,22,23,24). The van der Waals surface area contributed by atoms with Gasteiger partial charge in [-0.3, -0.25) is 0 Å². The first kappa shape index (κ1) is 20.7. The number of nitrogen functional groups attached to an aromatic ring is 1. The predicted octanol–water partition coefficient (Wildman–Crippen LogP) is 1.54. The van der Waals surface area contributed by atoms with Gasteiger partial charge in [0.05, 0.1) is 18.9 Å². The van der Waals surface area contributed by atoms with Crippen LogP contribution in [0.5, 0.6) is 5.88 Å². The second-order valence-electron chi connectivity index (χ2n) is 8.33. The van der Waals surface area contributed by atoms with Gasteiger partial charge in [-0.25, -0.2) is 19.7 Å². The molecule has 2 aliphatic carbocycles. The fourth-order valence-corrected chi connectivity index (χ4v) is 3.79. The smallest absolute Gasteiger partial charge is 0.407 e. The molecule has 2 aromatic rings. The average molecular weight is 441 g/mol. The van der Waals surface area contributed by atoms with Crippen molar-refractivity contribution in [3.8, 4) is 17.1 Å². The number of carbonyl (C=O) groups excluding carboxylic acids is 1. The van der Waals surface area contributed by atoms with Gasteiger partial charge < -0.3 is 30.2 Å². The Morgan fingerprint density at radius 2 is 1.88 bits per heavy atom. The number of nitrogens with zero attached hydrogens (tertiary/aromatic N) is 5. The predicted molar refractivity (Wildman–Crippen MR) is 115 cm³/mol. The highest BCUT2D eigenvalue weighted by Crippen LogP contribution is 2.29. The lowest BCUT2D eigenvalue weighted by Gasteiger charge is -2.36. The number of aromatic nitrogens is 4. The van der Waals surface area contributed by atoms with E-state index in [4.69, 9.17) is 19.9 Å². The number of carbonyl (C=O) groups is 1. The summed E-state index contributed by atoms with van der Waals surface area (Å²) in [6.07, 6.45) is 7.45. The number of hydrogen-bond acceptors (Lipinski definition) is 10. The molecule has 0 unspecified atom stereocenters. The molecule has 11 heteroatoms. The number of alkyl carbamates (subject to hydrolysis) is 1. The van der Waals surface area contributed by atoms with Crippen LogP contribution in [0.25, 0.3) is 11.3 Å². The van der Waals surface area contributed by atoms with Gasteiger partial charge in [0, 0.05) is 56.0 Å². The van der Waals surface area contributed by atoms with Crippen molar-refractivity contribution in [1.29, 1.82) is 0 Å². The minimum absolute atomic E-state index is 0.0352. The molecule has 11 nitrogen and oxygen atoms in total. The molecular weight excluding hydrogens is 414 g/mol. The number of rotatable bonds is 6. The Bertz CT molecular complexity index is 942. The highest BCUT2D eigenvalue weighted by atomic mass is 16.6. The fraction of sp³-hybridized carbons (Fsp3) is 0.571. The minimum atomic E-state index is -0.333. The quantitative estimate of drug-likeness (QED) is 0.679. The van der Waals surface area contributed by atoms with Gasteiger partial charge in [0.1, 0.15) is 12.2 Å². The number of amides is 1. The zero-order valence-corrected chi connectivity index (χ0v) is 17.8. The summed E-state index contributed by atoms with van der Waals surface area (Å²) in [5.74, 6) is 1.26. The van der Waals surface area contributed by atoms with Crippen molar-refractivity contribution in [3.05, 3.63) is 18.5 Å². The zero-order valence-electron chi connectivity index (χ0n) is 17.8. The Balaban J connectivity index is 1.25. The Morgan fingerprint density at radius 1 is 1.12 bits per heavy atom. The van der Waals surface area contributed by atoms with Gasteiger partial charge in [-0.2, -0.15) is 4.98 Å². The van der Waals surface area contributed by atoms with Gasteiger partial charge in [-0.15, -0.1) is 0 Å². The Morgan fingerprint density at radius 3 is 2.56 bits per heavy atom. The summed E-state index contributed by atoms with van der Waals surface area (Å²) in [4.78, 5) is 31.4. The molecule has 2 saturated carbocycles. The van der Waals surface area contributed by atoms with Crippen molar-refractivity contribution < 1.29 is 19.0 Å². The van der Waals surface area contributed by atoms with Crippen molar-refractivity contribution in [2.75, 3.05) is 36.9 Å². The van der Waals surface area contributed by atoms with Crippen molar-refractivity contribution in [2.45, 2.75) is 50.4 Å². The summed E-state index contributed by atoms with van der Waals surface area (Å²) >= 11 is 0. The molecule has 0 bridgehead atoms. The topological polar surface area (TPSA) is 138 Å². The van der Waals surface area contributed by atoms with Gasteiger partial charge >= 0.3 is 6.09 Å². The van der Waals surface area contributed by atoms with Crippen LogP contribution in [0.3, 0.4) is 0 Å². The maximum Gasteiger partial charge on any atom is 0.407 e. The first-order valence-corrected chi connectivity index (χ1v) is 11.1. The van der Waals surface area contributed by atoms with Crippen molar-refractivity contribution in [3.63, 3.8) is 0 Å². The van der Waals surface area contributed by atoms with E-state index in [0.717, 1.165) is 24.8 Å². The molecule has 3 heterocycles. The number of nitrogens with two attached hydrogens (primary N) is 1. The Labute approximate surface area is 185 Å². The molecule has 0 spiro atoms. The van der Waals surface area contributed by atoms with E-state index in [-0.39, 0.29) is 30.3 Å². The van der Waals surface area contributed by atoms with E-state index < -0.39 is 0 Å². The first-order chi connectivity index (χ1) is 15.6. The van der Waals surface area contributed by atoms with E-state index in [1.807, 2.05) is 0 Å². The van der Waals surface area contributed by atoms with Gasteiger partial charge in [0.2, 0.25) is 17.8 Å². The Hall–Kier alpha value is -3.21. The molecule has 3 N–H and O–H groups in total. The van der Waals surface area contributed by atoms with Gasteiger partial charge in [0.15, 0.2) is 0 Å². The van der Waals surface area contributed by atoms with Crippen LogP contribution in [0.1, 0.15) is 32.1 Å². The van der Waals surface area contributed by atoms with Crippen LogP contribution in [0.15, 0.2) is 18.5 Å². The third-order valence-corrected chi connectivity index (χ3v) is 5.98. The van der Waals surface area contributed by atoms with Gasteiger partial charge in [-0.05, 0) is 19.3 Å². The van der Waals surface area contributed by atoms with Crippen LogP contribution < -0.4 is 20.7 Å². The number of hydrogen-bond donors (Lipinski definition) is 2. The third-order valence-electron chi connectivity index (χ3n) is 5.98. The zero-order chi connectivity index (χ0) is 21.9. The minimum Gasteiger partial charge on any atom is -0.474 e. The molecule has 170 valence electrons. The summed E-state index contributed by atoms with van der Waals surface area (Å²) in [5, 5.41) is 2.91. The first-order valence-electron chi connectivity index (χ1n) is 11.1. The number of anilines is 2. The highest BCUT2D eigenvalue weighted by Gasteiger charge is 2.34. The maximum absolute atomic E-state index is 11.9. The van der Waals surface area contributed by atoms with Gasteiger partial charge in [0.25, 0.3) is 0 Å². The molecule has 3 aliphatic rings. The van der Waals surface area contributed by atoms with E-state index in [0.29, 0.717) is 56.7 Å². The fourth-order valence-electron chi connectivity index (χ4n) is 3.79. The summed E-state index contributed by atoms with van der Waals surface area (Å²) < 4.78 is 16.9. The van der Waals surface area contributed by atoms with Crippen molar-refractivity contribution in [2.24, 2.45) is 0 Å². The van der Waals surface area contributed by atoms with Crippen LogP contribution in [0.2, 0.25) is 0 Å². The van der Waals surface area contributed by atoms with Crippen LogP contribution in [-0.4, -0.2) is 70.6 Å². The lowest BCUT2D eigenvalue weighted by molar-refractivity contribution is 0.0363. The van der Waals surface area contributed by atoms with Crippen LogP contribution in [0, 0.1) is 0 Å². The van der Waals surface area contributed by atoms with Crippen molar-refractivity contribution in [1.82, 2.24) is 25.3 Å². The molecule has 3 fully saturated rings. The van der Waals surface area contributed by atoms with E-state index in [2.05, 4.69) is 30.2 Å².